The lowest BCUT2D eigenvalue weighted by Gasteiger charge is -2.31. The van der Waals surface area contributed by atoms with E-state index in [0.717, 1.165) is 18.5 Å². The summed E-state index contributed by atoms with van der Waals surface area (Å²) in [5, 5.41) is 17.5. The second kappa shape index (κ2) is 6.09. The second-order valence-corrected chi connectivity index (χ2v) is 5.41. The minimum absolute atomic E-state index is 0.290. The lowest BCUT2D eigenvalue weighted by molar-refractivity contribution is -0.141. The molecule has 114 valence electrons. The number of carboxylic acids is 1. The Bertz CT molecular complexity index is 658. The van der Waals surface area contributed by atoms with E-state index < -0.39 is 5.97 Å². The van der Waals surface area contributed by atoms with Crippen molar-refractivity contribution >= 4 is 11.8 Å². The van der Waals surface area contributed by atoms with Gasteiger partial charge in [0.05, 0.1) is 11.6 Å². The van der Waals surface area contributed by atoms with E-state index in [2.05, 4.69) is 10.2 Å². The van der Waals surface area contributed by atoms with Gasteiger partial charge in [0.2, 0.25) is 0 Å². The van der Waals surface area contributed by atoms with Gasteiger partial charge in [-0.2, -0.15) is 0 Å². The van der Waals surface area contributed by atoms with E-state index in [1.807, 2.05) is 17.0 Å². The normalized spacial score (nSPS) is 18.2. The molecule has 2 aromatic rings. The average molecular weight is 301 g/mol. The van der Waals surface area contributed by atoms with E-state index in [4.69, 9.17) is 5.11 Å². The lowest BCUT2D eigenvalue weighted by Crippen LogP contribution is -2.39. The van der Waals surface area contributed by atoms with Gasteiger partial charge in [0.1, 0.15) is 5.82 Å². The zero-order valence-electron chi connectivity index (χ0n) is 11.9. The highest BCUT2D eigenvalue weighted by Gasteiger charge is 2.26. The Morgan fingerprint density at radius 2 is 1.95 bits per heavy atom. The molecule has 3 rings (SSSR count). The van der Waals surface area contributed by atoms with Crippen molar-refractivity contribution < 1.29 is 14.3 Å². The highest BCUT2D eigenvalue weighted by Crippen LogP contribution is 2.23. The van der Waals surface area contributed by atoms with Crippen molar-refractivity contribution in [1.29, 1.82) is 0 Å². The number of carbonyl (C=O) groups is 1. The molecule has 0 radical (unpaired) electrons. The maximum atomic E-state index is 12.9. The molecule has 0 bridgehead atoms. The standard InChI is InChI=1S/C16H16FN3O2/c17-13-5-3-11(4-6-13)14-7-8-15(19-18-14)20-9-1-2-12(10-20)16(21)22/h3-8,12H,1-2,9-10H2,(H,21,22). The number of hydrogen-bond acceptors (Lipinski definition) is 4. The first-order valence-corrected chi connectivity index (χ1v) is 7.21. The molecule has 5 nitrogen and oxygen atoms in total. The fraction of sp³-hybridized carbons (Fsp3) is 0.312. The van der Waals surface area contributed by atoms with Crippen LogP contribution in [0.1, 0.15) is 12.8 Å². The van der Waals surface area contributed by atoms with Gasteiger partial charge < -0.3 is 10.0 Å². The SMILES string of the molecule is O=C(O)C1CCCN(c2ccc(-c3ccc(F)cc3)nn2)C1. The van der Waals surface area contributed by atoms with Gasteiger partial charge >= 0.3 is 5.97 Å². The van der Waals surface area contributed by atoms with Crippen LogP contribution in [0.5, 0.6) is 0 Å². The quantitative estimate of drug-likeness (QED) is 0.944. The predicted molar refractivity (Wildman–Crippen MR) is 80.0 cm³/mol. The van der Waals surface area contributed by atoms with Gasteiger partial charge in [0.15, 0.2) is 5.82 Å². The molecule has 22 heavy (non-hydrogen) atoms. The van der Waals surface area contributed by atoms with E-state index in [9.17, 15) is 9.18 Å². The van der Waals surface area contributed by atoms with Crippen LogP contribution in [0.25, 0.3) is 11.3 Å². The smallest absolute Gasteiger partial charge is 0.308 e. The number of aliphatic carboxylic acids is 1. The first kappa shape index (κ1) is 14.4. The highest BCUT2D eigenvalue weighted by molar-refractivity contribution is 5.71. The van der Waals surface area contributed by atoms with Crippen LogP contribution in [-0.4, -0.2) is 34.4 Å². The molecule has 1 aromatic carbocycles. The topological polar surface area (TPSA) is 66.3 Å². The van der Waals surface area contributed by atoms with Crippen molar-refractivity contribution in [3.63, 3.8) is 0 Å². The molecule has 1 atom stereocenters. The molecular formula is C16H16FN3O2. The van der Waals surface area contributed by atoms with E-state index in [-0.39, 0.29) is 11.7 Å². The van der Waals surface area contributed by atoms with Gasteiger partial charge in [-0.1, -0.05) is 0 Å². The van der Waals surface area contributed by atoms with Gasteiger partial charge in [-0.25, -0.2) is 4.39 Å². The molecule has 1 saturated heterocycles. The Hall–Kier alpha value is -2.50. The summed E-state index contributed by atoms with van der Waals surface area (Å²) in [5.74, 6) is -0.730. The molecule has 0 saturated carbocycles. The Morgan fingerprint density at radius 1 is 1.18 bits per heavy atom. The summed E-state index contributed by atoms with van der Waals surface area (Å²) in [6.45, 7) is 1.24. The van der Waals surface area contributed by atoms with E-state index in [1.54, 1.807) is 12.1 Å². The number of aromatic nitrogens is 2. The molecule has 1 N–H and O–H groups in total. The average Bonchev–Trinajstić information content (AvgIpc) is 2.56. The zero-order chi connectivity index (χ0) is 15.5. The van der Waals surface area contributed by atoms with Crippen molar-refractivity contribution in [2.24, 2.45) is 5.92 Å². The summed E-state index contributed by atoms with van der Waals surface area (Å²) >= 11 is 0. The molecule has 0 spiro atoms. The van der Waals surface area contributed by atoms with Crippen LogP contribution < -0.4 is 4.90 Å². The number of carboxylic acid groups (broad SMARTS) is 1. The fourth-order valence-corrected chi connectivity index (χ4v) is 2.66. The molecule has 1 unspecified atom stereocenters. The van der Waals surface area contributed by atoms with Gasteiger partial charge in [-0.05, 0) is 49.2 Å². The summed E-state index contributed by atoms with van der Waals surface area (Å²) in [4.78, 5) is 13.1. The molecule has 1 fully saturated rings. The number of anilines is 1. The molecule has 6 heteroatoms. The number of benzene rings is 1. The van der Waals surface area contributed by atoms with Crippen LogP contribution >= 0.6 is 0 Å². The van der Waals surface area contributed by atoms with Crippen molar-refractivity contribution in [2.45, 2.75) is 12.8 Å². The highest BCUT2D eigenvalue weighted by atomic mass is 19.1. The van der Waals surface area contributed by atoms with Crippen molar-refractivity contribution in [1.82, 2.24) is 10.2 Å². The van der Waals surface area contributed by atoms with Crippen LogP contribution in [0.4, 0.5) is 10.2 Å². The fourth-order valence-electron chi connectivity index (χ4n) is 2.66. The molecule has 2 heterocycles. The van der Waals surface area contributed by atoms with Crippen LogP contribution in [0.2, 0.25) is 0 Å². The maximum Gasteiger partial charge on any atom is 0.308 e. The largest absolute Gasteiger partial charge is 0.481 e. The van der Waals surface area contributed by atoms with E-state index >= 15 is 0 Å². The first-order valence-electron chi connectivity index (χ1n) is 7.21. The Kier molecular flexibility index (Phi) is 4.00. The Morgan fingerprint density at radius 3 is 2.59 bits per heavy atom. The number of nitrogens with zero attached hydrogens (tertiary/aromatic N) is 3. The minimum atomic E-state index is -0.763. The molecule has 0 aliphatic carbocycles. The van der Waals surface area contributed by atoms with Gasteiger partial charge in [-0.15, -0.1) is 10.2 Å². The number of halogens is 1. The number of rotatable bonds is 3. The minimum Gasteiger partial charge on any atom is -0.481 e. The van der Waals surface area contributed by atoms with Crippen LogP contribution in [0.3, 0.4) is 0 Å². The Labute approximate surface area is 127 Å². The van der Waals surface area contributed by atoms with Crippen LogP contribution in [0, 0.1) is 11.7 Å². The van der Waals surface area contributed by atoms with Crippen molar-refractivity contribution in [3.8, 4) is 11.3 Å². The van der Waals surface area contributed by atoms with Crippen LogP contribution in [0.15, 0.2) is 36.4 Å². The zero-order valence-corrected chi connectivity index (χ0v) is 11.9. The maximum absolute atomic E-state index is 12.9. The second-order valence-electron chi connectivity index (χ2n) is 5.41. The summed E-state index contributed by atoms with van der Waals surface area (Å²) in [7, 11) is 0. The summed E-state index contributed by atoms with van der Waals surface area (Å²) in [6, 6.07) is 9.72. The predicted octanol–water partition coefficient (Wildman–Crippen LogP) is 2.58. The number of hydrogen-bond donors (Lipinski definition) is 1. The summed E-state index contributed by atoms with van der Waals surface area (Å²) < 4.78 is 12.9. The van der Waals surface area contributed by atoms with Gasteiger partial charge in [0.25, 0.3) is 0 Å². The number of piperidine rings is 1. The first-order chi connectivity index (χ1) is 10.6. The summed E-state index contributed by atoms with van der Waals surface area (Å²) in [6.07, 6.45) is 1.53. The monoisotopic (exact) mass is 301 g/mol. The molecule has 0 amide bonds. The van der Waals surface area contributed by atoms with Crippen molar-refractivity contribution in [3.05, 3.63) is 42.2 Å². The molecule has 1 aliphatic rings. The summed E-state index contributed by atoms with van der Waals surface area (Å²) in [5.41, 5.74) is 1.46. The third-order valence-electron chi connectivity index (χ3n) is 3.89. The van der Waals surface area contributed by atoms with E-state index in [0.29, 0.717) is 24.5 Å². The molecular weight excluding hydrogens is 285 g/mol. The van der Waals surface area contributed by atoms with Gasteiger partial charge in [-0.3, -0.25) is 4.79 Å². The Balaban J connectivity index is 1.76. The van der Waals surface area contributed by atoms with E-state index in [1.165, 1.54) is 12.1 Å². The van der Waals surface area contributed by atoms with Gasteiger partial charge in [0, 0.05) is 18.7 Å². The third-order valence-corrected chi connectivity index (χ3v) is 3.89. The molecule has 1 aliphatic heterocycles. The third kappa shape index (κ3) is 3.05. The molecule has 1 aromatic heterocycles. The lowest BCUT2D eigenvalue weighted by atomic mass is 9.98. The van der Waals surface area contributed by atoms with Crippen molar-refractivity contribution in [2.75, 3.05) is 18.0 Å². The van der Waals surface area contributed by atoms with Crippen LogP contribution in [-0.2, 0) is 4.79 Å².